The largest absolute Gasteiger partial charge is 0.465 e. The molecule has 0 aliphatic rings. The van der Waals surface area contributed by atoms with Crippen LogP contribution in [0.3, 0.4) is 0 Å². The molecule has 1 heterocycles. The van der Waals surface area contributed by atoms with Crippen molar-refractivity contribution >= 4 is 5.69 Å². The van der Waals surface area contributed by atoms with Gasteiger partial charge in [0.05, 0.1) is 12.1 Å². The van der Waals surface area contributed by atoms with Crippen molar-refractivity contribution < 1.29 is 22.0 Å². The summed E-state index contributed by atoms with van der Waals surface area (Å²) in [6.45, 7) is 2.00. The predicted molar refractivity (Wildman–Crippen MR) is 62.2 cm³/mol. The Labute approximate surface area is 107 Å². The lowest BCUT2D eigenvalue weighted by Crippen LogP contribution is -2.09. The third kappa shape index (κ3) is 3.27. The Balaban J connectivity index is 2.13. The first-order chi connectivity index (χ1) is 8.86. The molecule has 2 nitrogen and oxygen atoms in total. The van der Waals surface area contributed by atoms with Crippen molar-refractivity contribution in [1.82, 2.24) is 0 Å². The molecule has 102 valence electrons. The molecule has 0 amide bonds. The number of nitrogens with one attached hydrogen (secondary N) is 1. The Morgan fingerprint density at radius 2 is 1.89 bits per heavy atom. The summed E-state index contributed by atoms with van der Waals surface area (Å²) in [6, 6.07) is 6.25. The molecular formula is C13H11F4NO. The van der Waals surface area contributed by atoms with Gasteiger partial charge in [-0.2, -0.15) is 13.2 Å². The predicted octanol–water partition coefficient (Wildman–Crippen LogP) is 4.36. The zero-order valence-electron chi connectivity index (χ0n) is 10.0. The molecule has 0 radical (unpaired) electrons. The second kappa shape index (κ2) is 4.95. The van der Waals surface area contributed by atoms with Crippen molar-refractivity contribution in [3.63, 3.8) is 0 Å². The number of aryl methyl sites for hydroxylation is 1. The van der Waals surface area contributed by atoms with Crippen LogP contribution in [0.4, 0.5) is 23.2 Å². The summed E-state index contributed by atoms with van der Waals surface area (Å²) in [5.41, 5.74) is -1.10. The van der Waals surface area contributed by atoms with Gasteiger partial charge in [-0.1, -0.05) is 0 Å². The first-order valence-corrected chi connectivity index (χ1v) is 5.52. The molecule has 19 heavy (non-hydrogen) atoms. The van der Waals surface area contributed by atoms with E-state index in [0.29, 0.717) is 11.5 Å². The fourth-order valence-corrected chi connectivity index (χ4v) is 1.62. The monoisotopic (exact) mass is 273 g/mol. The maximum absolute atomic E-state index is 13.1. The fraction of sp³-hybridized carbons (Fsp3) is 0.231. The van der Waals surface area contributed by atoms with Crippen LogP contribution in [-0.4, -0.2) is 0 Å². The summed E-state index contributed by atoms with van der Waals surface area (Å²) in [6.07, 6.45) is -4.71. The highest BCUT2D eigenvalue weighted by Gasteiger charge is 2.34. The molecule has 1 N–H and O–H groups in total. The maximum Gasteiger partial charge on any atom is 0.419 e. The molecule has 0 atom stereocenters. The molecule has 0 saturated carbocycles. The van der Waals surface area contributed by atoms with E-state index < -0.39 is 17.6 Å². The highest BCUT2D eigenvalue weighted by molar-refractivity contribution is 5.47. The van der Waals surface area contributed by atoms with E-state index in [1.54, 1.807) is 19.1 Å². The van der Waals surface area contributed by atoms with Crippen LogP contribution in [0.15, 0.2) is 34.7 Å². The smallest absolute Gasteiger partial charge is 0.419 e. The topological polar surface area (TPSA) is 25.2 Å². The van der Waals surface area contributed by atoms with Gasteiger partial charge in [-0.15, -0.1) is 0 Å². The van der Waals surface area contributed by atoms with Gasteiger partial charge in [0.1, 0.15) is 17.3 Å². The van der Waals surface area contributed by atoms with Crippen LogP contribution in [-0.2, 0) is 12.7 Å². The summed E-state index contributed by atoms with van der Waals surface area (Å²) < 4.78 is 55.9. The number of alkyl halides is 3. The SMILES string of the molecule is Cc1ccc(CNc2ccc(F)c(C(F)(F)F)c2)o1. The number of furan rings is 1. The van der Waals surface area contributed by atoms with Gasteiger partial charge in [0.15, 0.2) is 0 Å². The molecule has 2 aromatic rings. The highest BCUT2D eigenvalue weighted by atomic mass is 19.4. The van der Waals surface area contributed by atoms with E-state index in [0.717, 1.165) is 12.1 Å². The third-order valence-electron chi connectivity index (χ3n) is 2.53. The number of halogens is 4. The van der Waals surface area contributed by atoms with Crippen molar-refractivity contribution in [3.8, 4) is 0 Å². The number of hydrogen-bond acceptors (Lipinski definition) is 2. The van der Waals surface area contributed by atoms with Crippen LogP contribution in [0, 0.1) is 12.7 Å². The molecule has 0 fully saturated rings. The highest BCUT2D eigenvalue weighted by Crippen LogP contribution is 2.33. The third-order valence-corrected chi connectivity index (χ3v) is 2.53. The van der Waals surface area contributed by atoms with E-state index in [-0.39, 0.29) is 12.2 Å². The van der Waals surface area contributed by atoms with Crippen LogP contribution in [0.25, 0.3) is 0 Å². The van der Waals surface area contributed by atoms with Crippen LogP contribution in [0.2, 0.25) is 0 Å². The lowest BCUT2D eigenvalue weighted by Gasteiger charge is -2.11. The average Bonchev–Trinajstić information content (AvgIpc) is 2.72. The van der Waals surface area contributed by atoms with E-state index in [4.69, 9.17) is 4.42 Å². The van der Waals surface area contributed by atoms with Gasteiger partial charge < -0.3 is 9.73 Å². The van der Waals surface area contributed by atoms with Crippen LogP contribution < -0.4 is 5.32 Å². The lowest BCUT2D eigenvalue weighted by atomic mass is 10.2. The first kappa shape index (κ1) is 13.5. The van der Waals surface area contributed by atoms with Gasteiger partial charge in [-0.25, -0.2) is 4.39 Å². The van der Waals surface area contributed by atoms with Gasteiger partial charge in [0.25, 0.3) is 0 Å². The molecule has 0 aliphatic heterocycles. The van der Waals surface area contributed by atoms with Gasteiger partial charge in [0.2, 0.25) is 0 Å². The van der Waals surface area contributed by atoms with E-state index in [1.165, 1.54) is 6.07 Å². The molecule has 0 bridgehead atoms. The standard InChI is InChI=1S/C13H11F4NO/c1-8-2-4-10(19-8)7-18-9-3-5-12(14)11(6-9)13(15,16)17/h2-6,18H,7H2,1H3. The van der Waals surface area contributed by atoms with Crippen molar-refractivity contribution in [3.05, 3.63) is 53.2 Å². The quantitative estimate of drug-likeness (QED) is 0.841. The van der Waals surface area contributed by atoms with Crippen LogP contribution >= 0.6 is 0 Å². The summed E-state index contributed by atoms with van der Waals surface area (Å²) in [7, 11) is 0. The second-order valence-electron chi connectivity index (χ2n) is 4.06. The van der Waals surface area contributed by atoms with E-state index in [2.05, 4.69) is 5.32 Å². The summed E-state index contributed by atoms with van der Waals surface area (Å²) in [5.74, 6) is 0.0224. The molecule has 0 saturated heterocycles. The molecule has 0 aliphatic carbocycles. The molecular weight excluding hydrogens is 262 g/mol. The van der Waals surface area contributed by atoms with Gasteiger partial charge in [0, 0.05) is 5.69 Å². The zero-order valence-corrected chi connectivity index (χ0v) is 10.0. The van der Waals surface area contributed by atoms with Crippen molar-refractivity contribution in [2.24, 2.45) is 0 Å². The van der Waals surface area contributed by atoms with E-state index >= 15 is 0 Å². The minimum atomic E-state index is -4.71. The van der Waals surface area contributed by atoms with Gasteiger partial charge in [-0.05, 0) is 37.3 Å². The molecule has 6 heteroatoms. The van der Waals surface area contributed by atoms with Crippen molar-refractivity contribution in [1.29, 1.82) is 0 Å². The summed E-state index contributed by atoms with van der Waals surface area (Å²) in [4.78, 5) is 0. The number of rotatable bonds is 3. The van der Waals surface area contributed by atoms with E-state index in [9.17, 15) is 17.6 Å². The molecule has 0 spiro atoms. The average molecular weight is 273 g/mol. The molecule has 1 aromatic heterocycles. The fourth-order valence-electron chi connectivity index (χ4n) is 1.62. The van der Waals surface area contributed by atoms with Crippen molar-refractivity contribution in [2.75, 3.05) is 5.32 Å². The van der Waals surface area contributed by atoms with Crippen LogP contribution in [0.1, 0.15) is 17.1 Å². The Bertz CT molecular complexity index is 574. The second-order valence-corrected chi connectivity index (χ2v) is 4.06. The first-order valence-electron chi connectivity index (χ1n) is 5.52. The molecule has 0 unspecified atom stereocenters. The lowest BCUT2D eigenvalue weighted by molar-refractivity contribution is -0.139. The number of anilines is 1. The van der Waals surface area contributed by atoms with Crippen molar-refractivity contribution in [2.45, 2.75) is 19.6 Å². The maximum atomic E-state index is 13.1. The van der Waals surface area contributed by atoms with Crippen LogP contribution in [0.5, 0.6) is 0 Å². The Hall–Kier alpha value is -1.98. The summed E-state index contributed by atoms with van der Waals surface area (Å²) in [5, 5.41) is 2.75. The molecule has 2 rings (SSSR count). The van der Waals surface area contributed by atoms with E-state index in [1.807, 2.05) is 0 Å². The Morgan fingerprint density at radius 1 is 1.16 bits per heavy atom. The van der Waals surface area contributed by atoms with Gasteiger partial charge in [-0.3, -0.25) is 0 Å². The normalized spacial score (nSPS) is 11.6. The molecule has 1 aromatic carbocycles. The number of benzene rings is 1. The van der Waals surface area contributed by atoms with Gasteiger partial charge >= 0.3 is 6.18 Å². The zero-order chi connectivity index (χ0) is 14.0. The Morgan fingerprint density at radius 3 is 2.47 bits per heavy atom. The summed E-state index contributed by atoms with van der Waals surface area (Å²) >= 11 is 0. The minimum absolute atomic E-state index is 0.183. The number of hydrogen-bond donors (Lipinski definition) is 1. The Kier molecular flexibility index (Phi) is 3.50. The minimum Gasteiger partial charge on any atom is -0.465 e.